The predicted octanol–water partition coefficient (Wildman–Crippen LogP) is 12.1. The van der Waals surface area contributed by atoms with Crippen molar-refractivity contribution in [3.8, 4) is 56.4 Å². The van der Waals surface area contributed by atoms with E-state index >= 15 is 0 Å². The Morgan fingerprint density at radius 3 is 1.57 bits per heavy atom. The molecule has 0 fully saturated rings. The van der Waals surface area contributed by atoms with Crippen LogP contribution in [0, 0.1) is 0 Å². The van der Waals surface area contributed by atoms with Gasteiger partial charge in [-0.1, -0.05) is 155 Å². The molecule has 0 saturated carbocycles. The molecule has 0 radical (unpaired) electrons. The summed E-state index contributed by atoms with van der Waals surface area (Å²) in [6, 6.07) is 49.6. The second-order valence-electron chi connectivity index (χ2n) is 14.1. The highest BCUT2D eigenvalue weighted by molar-refractivity contribution is 7.26. The van der Waals surface area contributed by atoms with E-state index in [1.165, 1.54) is 53.6 Å². The minimum Gasteiger partial charge on any atom is -0.208 e. The Morgan fingerprint density at radius 1 is 0.429 bits per heavy atom. The lowest BCUT2D eigenvalue weighted by Crippen LogP contribution is -2.43. The quantitative estimate of drug-likeness (QED) is 0.190. The van der Waals surface area contributed by atoms with E-state index in [9.17, 15) is 0 Å². The number of benzene rings is 6. The summed E-state index contributed by atoms with van der Waals surface area (Å²) in [5, 5.41) is 2.70. The third-order valence-electron chi connectivity index (χ3n) is 10.9. The van der Waals surface area contributed by atoms with Gasteiger partial charge >= 0.3 is 0 Å². The molecule has 0 amide bonds. The Balaban J connectivity index is 1.15. The van der Waals surface area contributed by atoms with Crippen LogP contribution in [0.1, 0.15) is 38.8 Å². The fraction of sp³-hybridized carbons (Fsp3) is 0.133. The van der Waals surface area contributed by atoms with Crippen molar-refractivity contribution in [1.29, 1.82) is 0 Å². The normalized spacial score (nSPS) is 14.4. The van der Waals surface area contributed by atoms with E-state index in [0.717, 1.165) is 16.7 Å². The molecule has 0 saturated heterocycles. The zero-order valence-electron chi connectivity index (χ0n) is 28.0. The first kappa shape index (κ1) is 29.7. The van der Waals surface area contributed by atoms with Crippen LogP contribution < -0.4 is 0 Å². The van der Waals surface area contributed by atoms with Gasteiger partial charge in [0.1, 0.15) is 0 Å². The lowest BCUT2D eigenvalue weighted by molar-refractivity contribution is 0.299. The Labute approximate surface area is 291 Å². The average Bonchev–Trinajstić information content (AvgIpc) is 3.53. The minimum absolute atomic E-state index is 0.0617. The number of hydrogen-bond acceptors (Lipinski definition) is 4. The predicted molar refractivity (Wildman–Crippen MR) is 206 cm³/mol. The molecule has 0 atom stereocenters. The molecule has 9 rings (SSSR count). The third-order valence-corrected chi connectivity index (χ3v) is 12.1. The standard InChI is InChI=1S/C45H35N3S/c1-44(2)36-26-25-34-33-17-11-12-18-38(33)49-40(34)39(36)35-24-23-32(27-37(35)45(44,3)4)28-19-21-31(22-20-28)43-47-41(29-13-7-5-8-14-29)46-42(48-43)30-15-9-6-10-16-30/h5-27H,1-4H3. The first-order valence-corrected chi connectivity index (χ1v) is 17.7. The van der Waals surface area contributed by atoms with Gasteiger partial charge in [0.15, 0.2) is 17.5 Å². The van der Waals surface area contributed by atoms with Gasteiger partial charge in [-0.2, -0.15) is 0 Å². The maximum Gasteiger partial charge on any atom is 0.164 e. The monoisotopic (exact) mass is 649 g/mol. The van der Waals surface area contributed by atoms with Gasteiger partial charge < -0.3 is 0 Å². The summed E-state index contributed by atoms with van der Waals surface area (Å²) in [5.74, 6) is 2.00. The van der Waals surface area contributed by atoms with E-state index in [1.54, 1.807) is 0 Å². The summed E-state index contributed by atoms with van der Waals surface area (Å²) in [6.45, 7) is 9.65. The first-order chi connectivity index (χ1) is 23.8. The van der Waals surface area contributed by atoms with Gasteiger partial charge in [-0.15, -0.1) is 11.3 Å². The van der Waals surface area contributed by atoms with Crippen molar-refractivity contribution in [2.24, 2.45) is 0 Å². The van der Waals surface area contributed by atoms with Crippen LogP contribution in [-0.4, -0.2) is 15.0 Å². The molecular weight excluding hydrogens is 615 g/mol. The average molecular weight is 650 g/mol. The Morgan fingerprint density at radius 2 is 0.939 bits per heavy atom. The molecular formula is C45H35N3S. The summed E-state index contributed by atoms with van der Waals surface area (Å²) in [6.07, 6.45) is 0. The summed E-state index contributed by atoms with van der Waals surface area (Å²) in [5.41, 5.74) is 10.7. The highest BCUT2D eigenvalue weighted by atomic mass is 32.1. The summed E-state index contributed by atoms with van der Waals surface area (Å²) in [7, 11) is 0. The number of fused-ring (bicyclic) bond motifs is 7. The second kappa shape index (κ2) is 11.0. The summed E-state index contributed by atoms with van der Waals surface area (Å²) >= 11 is 1.92. The maximum atomic E-state index is 4.94. The zero-order chi connectivity index (χ0) is 33.3. The largest absolute Gasteiger partial charge is 0.208 e. The van der Waals surface area contributed by atoms with E-state index in [0.29, 0.717) is 17.5 Å². The van der Waals surface area contributed by atoms with Crippen molar-refractivity contribution in [3.05, 3.63) is 151 Å². The van der Waals surface area contributed by atoms with Crippen molar-refractivity contribution in [1.82, 2.24) is 15.0 Å². The summed E-state index contributed by atoms with van der Waals surface area (Å²) < 4.78 is 2.74. The van der Waals surface area contributed by atoms with Gasteiger partial charge in [0.25, 0.3) is 0 Å². The van der Waals surface area contributed by atoms with Gasteiger partial charge in [0.05, 0.1) is 0 Å². The molecule has 236 valence electrons. The van der Waals surface area contributed by atoms with Crippen molar-refractivity contribution in [2.75, 3.05) is 0 Å². The Hall–Kier alpha value is -5.45. The van der Waals surface area contributed by atoms with E-state index < -0.39 is 0 Å². The van der Waals surface area contributed by atoms with Crippen LogP contribution in [0.5, 0.6) is 0 Å². The molecule has 1 aliphatic carbocycles. The van der Waals surface area contributed by atoms with Gasteiger partial charge in [-0.25, -0.2) is 15.0 Å². The Kier molecular flexibility index (Phi) is 6.69. The highest BCUT2D eigenvalue weighted by Gasteiger charge is 2.46. The van der Waals surface area contributed by atoms with E-state index in [4.69, 9.17) is 15.0 Å². The smallest absolute Gasteiger partial charge is 0.164 e. The molecule has 1 aliphatic rings. The van der Waals surface area contributed by atoms with Crippen LogP contribution in [0.25, 0.3) is 76.6 Å². The molecule has 0 unspecified atom stereocenters. The minimum atomic E-state index is -0.0812. The lowest BCUT2D eigenvalue weighted by atomic mass is 9.55. The fourth-order valence-corrected chi connectivity index (χ4v) is 8.72. The fourth-order valence-electron chi connectivity index (χ4n) is 7.46. The van der Waals surface area contributed by atoms with Crippen molar-refractivity contribution in [3.63, 3.8) is 0 Å². The highest BCUT2D eigenvalue weighted by Crippen LogP contribution is 2.57. The zero-order valence-corrected chi connectivity index (χ0v) is 28.8. The van der Waals surface area contributed by atoms with E-state index in [1.807, 2.05) is 72.0 Å². The Bertz CT molecular complexity index is 2470. The number of nitrogens with zero attached hydrogens (tertiary/aromatic N) is 3. The first-order valence-electron chi connectivity index (χ1n) is 16.9. The van der Waals surface area contributed by atoms with Crippen molar-refractivity contribution < 1.29 is 0 Å². The van der Waals surface area contributed by atoms with Crippen LogP contribution in [0.2, 0.25) is 0 Å². The van der Waals surface area contributed by atoms with Gasteiger partial charge in [-0.05, 0) is 50.8 Å². The molecule has 0 spiro atoms. The second-order valence-corrected chi connectivity index (χ2v) is 15.1. The molecule has 8 aromatic rings. The number of aromatic nitrogens is 3. The van der Waals surface area contributed by atoms with Crippen molar-refractivity contribution >= 4 is 31.5 Å². The lowest BCUT2D eigenvalue weighted by Gasteiger charge is -2.48. The maximum absolute atomic E-state index is 4.94. The van der Waals surface area contributed by atoms with Gasteiger partial charge in [-0.3, -0.25) is 0 Å². The topological polar surface area (TPSA) is 38.7 Å². The van der Waals surface area contributed by atoms with Crippen LogP contribution in [0.4, 0.5) is 0 Å². The van der Waals surface area contributed by atoms with Crippen LogP contribution >= 0.6 is 11.3 Å². The SMILES string of the molecule is CC1(C)c2cc(-c3ccc(-c4nc(-c5ccccc5)nc(-c5ccccc5)n4)cc3)ccc2-c2c(ccc3c2sc2ccccc23)C1(C)C. The van der Waals surface area contributed by atoms with E-state index in [-0.39, 0.29) is 10.8 Å². The van der Waals surface area contributed by atoms with Crippen LogP contribution in [-0.2, 0) is 10.8 Å². The molecule has 6 aromatic carbocycles. The molecule has 0 N–H and O–H groups in total. The third kappa shape index (κ3) is 4.66. The molecule has 49 heavy (non-hydrogen) atoms. The molecule has 3 nitrogen and oxygen atoms in total. The summed E-state index contributed by atoms with van der Waals surface area (Å²) in [4.78, 5) is 14.7. The van der Waals surface area contributed by atoms with Crippen LogP contribution in [0.15, 0.2) is 140 Å². The number of rotatable bonds is 4. The number of thiophene rings is 1. The molecule has 0 bridgehead atoms. The van der Waals surface area contributed by atoms with Crippen LogP contribution in [0.3, 0.4) is 0 Å². The van der Waals surface area contributed by atoms with Gasteiger partial charge in [0, 0.05) is 42.4 Å². The molecule has 4 heteroatoms. The molecule has 2 heterocycles. The van der Waals surface area contributed by atoms with E-state index in [2.05, 4.69) is 107 Å². The van der Waals surface area contributed by atoms with Gasteiger partial charge in [0.2, 0.25) is 0 Å². The van der Waals surface area contributed by atoms with Crippen molar-refractivity contribution in [2.45, 2.75) is 38.5 Å². The number of hydrogen-bond donors (Lipinski definition) is 0. The molecule has 2 aromatic heterocycles. The molecule has 0 aliphatic heterocycles.